The number of alkyl halides is 3. The summed E-state index contributed by atoms with van der Waals surface area (Å²) in [5.74, 6) is 0.853. The van der Waals surface area contributed by atoms with Crippen LogP contribution in [-0.2, 0) is 23.9 Å². The Morgan fingerprint density at radius 3 is 2.45 bits per heavy atom. The first-order chi connectivity index (χ1) is 15.8. The molecular weight excluding hydrogens is 433 g/mol. The number of aryl methyl sites for hydroxylation is 2. The molecule has 1 fully saturated rings. The molecule has 33 heavy (non-hydrogen) atoms. The first-order valence-corrected chi connectivity index (χ1v) is 10.8. The minimum Gasteiger partial charge on any atom is -0.421 e. The van der Waals surface area contributed by atoms with E-state index in [0.29, 0.717) is 56.5 Å². The van der Waals surface area contributed by atoms with E-state index in [0.717, 1.165) is 17.2 Å². The number of aromatic nitrogens is 2. The maximum Gasteiger partial charge on any atom is 0.416 e. The van der Waals surface area contributed by atoms with E-state index in [2.05, 4.69) is 15.1 Å². The molecule has 1 aromatic heterocycles. The number of halogens is 3. The molecule has 0 atom stereocenters. The van der Waals surface area contributed by atoms with Gasteiger partial charge in [-0.1, -0.05) is 35.9 Å². The summed E-state index contributed by atoms with van der Waals surface area (Å²) >= 11 is 0. The Kier molecular flexibility index (Phi) is 6.78. The highest BCUT2D eigenvalue weighted by molar-refractivity contribution is 5.76. The molecule has 2 aromatic carbocycles. The van der Waals surface area contributed by atoms with Gasteiger partial charge in [0.1, 0.15) is 0 Å². The number of carbonyl (C=O) groups excluding carboxylic acids is 1. The quantitative estimate of drug-likeness (QED) is 0.550. The Balaban J connectivity index is 1.24. The lowest BCUT2D eigenvalue weighted by Gasteiger charge is -2.34. The van der Waals surface area contributed by atoms with Gasteiger partial charge in [-0.25, -0.2) is 0 Å². The van der Waals surface area contributed by atoms with Crippen LogP contribution in [0, 0.1) is 6.92 Å². The summed E-state index contributed by atoms with van der Waals surface area (Å²) in [6.07, 6.45) is -3.72. The average molecular weight is 458 g/mol. The zero-order valence-corrected chi connectivity index (χ0v) is 18.3. The van der Waals surface area contributed by atoms with Gasteiger partial charge in [0.15, 0.2) is 0 Å². The van der Waals surface area contributed by atoms with E-state index in [9.17, 15) is 18.0 Å². The van der Waals surface area contributed by atoms with Crippen LogP contribution < -0.4 is 0 Å². The Bertz CT molecular complexity index is 1090. The lowest BCUT2D eigenvalue weighted by Crippen LogP contribution is -2.48. The number of rotatable bonds is 6. The molecule has 0 unspecified atom stereocenters. The predicted octanol–water partition coefficient (Wildman–Crippen LogP) is 4.34. The predicted molar refractivity (Wildman–Crippen MR) is 116 cm³/mol. The van der Waals surface area contributed by atoms with E-state index in [-0.39, 0.29) is 12.3 Å². The van der Waals surface area contributed by atoms with Crippen LogP contribution in [-0.4, -0.2) is 52.1 Å². The Morgan fingerprint density at radius 2 is 1.76 bits per heavy atom. The number of hydrogen-bond acceptors (Lipinski definition) is 5. The number of nitrogens with zero attached hydrogens (tertiary/aromatic N) is 4. The van der Waals surface area contributed by atoms with Gasteiger partial charge < -0.3 is 9.32 Å². The fourth-order valence-electron chi connectivity index (χ4n) is 3.80. The van der Waals surface area contributed by atoms with Crippen LogP contribution in [0.1, 0.15) is 29.0 Å². The minimum atomic E-state index is -4.35. The molecule has 174 valence electrons. The monoisotopic (exact) mass is 458 g/mol. The fraction of sp³-hybridized carbons (Fsp3) is 0.375. The molecule has 0 radical (unpaired) electrons. The fourth-order valence-corrected chi connectivity index (χ4v) is 3.80. The van der Waals surface area contributed by atoms with Gasteiger partial charge in [0.2, 0.25) is 17.7 Å². The van der Waals surface area contributed by atoms with Crippen molar-refractivity contribution in [3.63, 3.8) is 0 Å². The van der Waals surface area contributed by atoms with Crippen LogP contribution in [0.2, 0.25) is 0 Å². The number of benzene rings is 2. The second-order valence-corrected chi connectivity index (χ2v) is 8.22. The first-order valence-electron chi connectivity index (χ1n) is 10.8. The molecule has 1 amide bonds. The van der Waals surface area contributed by atoms with Crippen LogP contribution in [0.5, 0.6) is 0 Å². The lowest BCUT2D eigenvalue weighted by molar-refractivity contribution is -0.137. The van der Waals surface area contributed by atoms with Crippen molar-refractivity contribution >= 4 is 5.91 Å². The average Bonchev–Trinajstić information content (AvgIpc) is 3.27. The van der Waals surface area contributed by atoms with Crippen molar-refractivity contribution in [2.75, 3.05) is 26.2 Å². The van der Waals surface area contributed by atoms with Crippen LogP contribution in [0.4, 0.5) is 13.2 Å². The number of piperazine rings is 1. The zero-order valence-electron chi connectivity index (χ0n) is 18.3. The number of hydrogen-bond donors (Lipinski definition) is 0. The number of amides is 1. The molecule has 0 N–H and O–H groups in total. The summed E-state index contributed by atoms with van der Waals surface area (Å²) in [4.78, 5) is 16.4. The Labute approximate surface area is 190 Å². The van der Waals surface area contributed by atoms with Gasteiger partial charge >= 0.3 is 6.18 Å². The van der Waals surface area contributed by atoms with Gasteiger partial charge in [-0.15, -0.1) is 10.2 Å². The van der Waals surface area contributed by atoms with Gasteiger partial charge in [0.25, 0.3) is 0 Å². The largest absolute Gasteiger partial charge is 0.421 e. The molecule has 6 nitrogen and oxygen atoms in total. The van der Waals surface area contributed by atoms with Crippen molar-refractivity contribution in [1.82, 2.24) is 20.0 Å². The Morgan fingerprint density at radius 1 is 1.03 bits per heavy atom. The molecule has 9 heteroatoms. The topological polar surface area (TPSA) is 62.5 Å². The van der Waals surface area contributed by atoms with E-state index < -0.39 is 11.7 Å². The Hall–Kier alpha value is -3.20. The van der Waals surface area contributed by atoms with Crippen molar-refractivity contribution in [3.05, 3.63) is 71.1 Å². The molecule has 1 saturated heterocycles. The van der Waals surface area contributed by atoms with E-state index in [4.69, 9.17) is 4.42 Å². The molecule has 0 bridgehead atoms. The van der Waals surface area contributed by atoms with Crippen molar-refractivity contribution in [3.8, 4) is 11.5 Å². The highest BCUT2D eigenvalue weighted by Crippen LogP contribution is 2.29. The molecule has 0 saturated carbocycles. The summed E-state index contributed by atoms with van der Waals surface area (Å²) in [6, 6.07) is 13.2. The normalized spacial score (nSPS) is 15.1. The van der Waals surface area contributed by atoms with E-state index >= 15 is 0 Å². The van der Waals surface area contributed by atoms with Gasteiger partial charge in [-0.05, 0) is 30.7 Å². The molecule has 2 heterocycles. The second kappa shape index (κ2) is 9.74. The van der Waals surface area contributed by atoms with Gasteiger partial charge in [0, 0.05) is 51.1 Å². The third-order valence-electron chi connectivity index (χ3n) is 5.70. The summed E-state index contributed by atoms with van der Waals surface area (Å²) in [6.45, 7) is 4.72. The summed E-state index contributed by atoms with van der Waals surface area (Å²) in [7, 11) is 0. The summed E-state index contributed by atoms with van der Waals surface area (Å²) in [5.41, 5.74) is 1.95. The van der Waals surface area contributed by atoms with Crippen LogP contribution in [0.3, 0.4) is 0 Å². The van der Waals surface area contributed by atoms with Crippen molar-refractivity contribution in [2.45, 2.75) is 32.5 Å². The maximum absolute atomic E-state index is 12.9. The summed E-state index contributed by atoms with van der Waals surface area (Å²) in [5, 5.41) is 8.10. The third kappa shape index (κ3) is 5.98. The van der Waals surface area contributed by atoms with Crippen molar-refractivity contribution in [1.29, 1.82) is 0 Å². The highest BCUT2D eigenvalue weighted by Gasteiger charge is 2.30. The minimum absolute atomic E-state index is 0.00352. The van der Waals surface area contributed by atoms with Gasteiger partial charge in [0.05, 0.1) is 5.56 Å². The molecule has 4 rings (SSSR count). The van der Waals surface area contributed by atoms with Gasteiger partial charge in [-0.3, -0.25) is 9.69 Å². The zero-order chi connectivity index (χ0) is 23.4. The van der Waals surface area contributed by atoms with Gasteiger partial charge in [-0.2, -0.15) is 13.2 Å². The molecule has 1 aliphatic rings. The van der Waals surface area contributed by atoms with Crippen molar-refractivity contribution in [2.24, 2.45) is 0 Å². The van der Waals surface area contributed by atoms with E-state index in [1.165, 1.54) is 12.1 Å². The van der Waals surface area contributed by atoms with Crippen LogP contribution in [0.25, 0.3) is 11.5 Å². The van der Waals surface area contributed by atoms with E-state index in [1.54, 1.807) is 11.0 Å². The SMILES string of the molecule is Cc1ccc(-c2nnc(CCC(=O)N3CCN(Cc4cccc(C(F)(F)F)c4)CC3)o2)cc1. The molecule has 1 aliphatic heterocycles. The van der Waals surface area contributed by atoms with Crippen LogP contribution >= 0.6 is 0 Å². The standard InChI is InChI=1S/C24H25F3N4O2/c1-17-5-7-19(8-6-17)23-29-28-21(33-23)9-10-22(32)31-13-11-30(12-14-31)16-18-3-2-4-20(15-18)24(25,26)27/h2-8,15H,9-14,16H2,1H3. The molecular formula is C24H25F3N4O2. The lowest BCUT2D eigenvalue weighted by atomic mass is 10.1. The molecule has 0 spiro atoms. The third-order valence-corrected chi connectivity index (χ3v) is 5.70. The highest BCUT2D eigenvalue weighted by atomic mass is 19.4. The number of carbonyl (C=O) groups is 1. The second-order valence-electron chi connectivity index (χ2n) is 8.22. The van der Waals surface area contributed by atoms with Crippen molar-refractivity contribution < 1.29 is 22.4 Å². The first kappa shape index (κ1) is 23.0. The summed E-state index contributed by atoms with van der Waals surface area (Å²) < 4.78 is 44.4. The maximum atomic E-state index is 12.9. The molecule has 0 aliphatic carbocycles. The van der Waals surface area contributed by atoms with E-state index in [1.807, 2.05) is 31.2 Å². The van der Waals surface area contributed by atoms with Crippen LogP contribution in [0.15, 0.2) is 52.9 Å². The molecule has 3 aromatic rings. The smallest absolute Gasteiger partial charge is 0.416 e.